The van der Waals surface area contributed by atoms with Crippen molar-refractivity contribution in [2.24, 2.45) is 0 Å². The molecule has 0 amide bonds. The molecule has 0 aliphatic carbocycles. The normalized spacial score (nSPS) is 14.2. The van der Waals surface area contributed by atoms with Gasteiger partial charge >= 0.3 is 33.0 Å². The first-order chi connectivity index (χ1) is 10.3. The van der Waals surface area contributed by atoms with E-state index in [4.69, 9.17) is 0 Å². The van der Waals surface area contributed by atoms with Gasteiger partial charge < -0.3 is 0 Å². The van der Waals surface area contributed by atoms with Crippen LogP contribution in [-0.2, 0) is 23.3 Å². The van der Waals surface area contributed by atoms with Crippen molar-refractivity contribution in [2.75, 3.05) is 0 Å². The van der Waals surface area contributed by atoms with Crippen LogP contribution in [0.15, 0.2) is 54.6 Å². The summed E-state index contributed by atoms with van der Waals surface area (Å²) in [5.41, 5.74) is 4.20. The van der Waals surface area contributed by atoms with E-state index in [1.807, 2.05) is 0 Å². The zero-order chi connectivity index (χ0) is 17.6. The monoisotopic (exact) mass is 374 g/mol. The van der Waals surface area contributed by atoms with Crippen molar-refractivity contribution in [1.82, 2.24) is 0 Å². The number of rotatable bonds is 4. The molecule has 130 valence electrons. The number of benzene rings is 2. The fourth-order valence-electron chi connectivity index (χ4n) is 1.59. The van der Waals surface area contributed by atoms with Crippen molar-refractivity contribution in [3.63, 3.8) is 0 Å². The Balaban J connectivity index is 0.000000322. The topological polar surface area (TPSA) is 0 Å². The molecule has 0 aliphatic heterocycles. The van der Waals surface area contributed by atoms with Gasteiger partial charge in [0, 0.05) is 11.1 Å². The van der Waals surface area contributed by atoms with Crippen LogP contribution in [0.1, 0.15) is 16.7 Å². The Morgan fingerprint density at radius 1 is 0.696 bits per heavy atom. The van der Waals surface area contributed by atoms with Gasteiger partial charge in [-0.25, -0.2) is 0 Å². The quantitative estimate of drug-likeness (QED) is 0.236. The Hall–Kier alpha value is -1.20. The second-order valence-corrected chi connectivity index (χ2v) is 7.97. The molecule has 0 fully saturated rings. The van der Waals surface area contributed by atoms with Gasteiger partial charge in [-0.2, -0.15) is 0 Å². The van der Waals surface area contributed by atoms with Gasteiger partial charge in [0.15, 0.2) is 0 Å². The van der Waals surface area contributed by atoms with Gasteiger partial charge in [0.1, 0.15) is 11.5 Å². The van der Waals surface area contributed by atoms with Crippen molar-refractivity contribution in [3.05, 3.63) is 71.3 Å². The fraction of sp³-hybridized carbons (Fsp3) is 0.200. The summed E-state index contributed by atoms with van der Waals surface area (Å²) in [4.78, 5) is 0. The Bertz CT molecular complexity index is 596. The summed E-state index contributed by atoms with van der Waals surface area (Å²) >= 11 is 1.47. The van der Waals surface area contributed by atoms with Crippen molar-refractivity contribution in [3.8, 4) is 0 Å². The Labute approximate surface area is 135 Å². The van der Waals surface area contributed by atoms with Crippen molar-refractivity contribution >= 4 is 19.6 Å². The van der Waals surface area contributed by atoms with Crippen LogP contribution in [0, 0.1) is 6.92 Å². The third kappa shape index (κ3) is 14.1. The van der Waals surface area contributed by atoms with Gasteiger partial charge in [-0.15, -0.1) is 0 Å². The first-order valence-corrected chi connectivity index (χ1v) is 9.88. The number of thiol groups is 1. The molecule has 23 heavy (non-hydrogen) atoms. The van der Waals surface area contributed by atoms with Gasteiger partial charge in [-0.3, -0.25) is 0 Å². The molecule has 2 aromatic carbocycles. The minimum atomic E-state index is -10.7. The predicted octanol–water partition coefficient (Wildman–Crippen LogP) is 6.89. The molecule has 8 heteroatoms. The molecule has 0 spiro atoms. The Kier molecular flexibility index (Phi) is 5.81. The molecule has 0 saturated heterocycles. The van der Waals surface area contributed by atoms with Crippen LogP contribution < -0.4 is 0 Å². The number of hydrogen-bond acceptors (Lipinski definition) is 0. The number of halogens is 6. The van der Waals surface area contributed by atoms with Crippen LogP contribution >= 0.6 is 7.81 Å². The van der Waals surface area contributed by atoms with E-state index >= 15 is 0 Å². The zero-order valence-electron chi connectivity index (χ0n) is 12.3. The summed E-state index contributed by atoms with van der Waals surface area (Å²) < 4.78 is 59.2. The van der Waals surface area contributed by atoms with Crippen LogP contribution in [0.4, 0.5) is 25.2 Å². The van der Waals surface area contributed by atoms with E-state index in [1.165, 1.54) is 28.5 Å². The first-order valence-electron chi connectivity index (χ1n) is 6.59. The molecule has 0 bridgehead atoms. The predicted molar refractivity (Wildman–Crippen MR) is 87.4 cm³/mol. The average Bonchev–Trinajstić information content (AvgIpc) is 2.39. The summed E-state index contributed by atoms with van der Waals surface area (Å²) in [5.74, 6) is 2.30. The average molecular weight is 374 g/mol. The van der Waals surface area contributed by atoms with Crippen LogP contribution in [0.25, 0.3) is 0 Å². The molecule has 0 saturated carbocycles. The first kappa shape index (κ1) is 19.8. The summed E-state index contributed by atoms with van der Waals surface area (Å²) in [6, 6.07) is 19.5. The van der Waals surface area contributed by atoms with E-state index in [0.29, 0.717) is 0 Å². The molecule has 0 radical (unpaired) electrons. The van der Waals surface area contributed by atoms with E-state index in [0.717, 1.165) is 11.5 Å². The van der Waals surface area contributed by atoms with E-state index < -0.39 is 7.81 Å². The molecule has 0 nitrogen and oxygen atoms in total. The molecule has 0 unspecified atom stereocenters. The Morgan fingerprint density at radius 2 is 1.09 bits per heavy atom. The molecular weight excluding hydrogens is 357 g/mol. The van der Waals surface area contributed by atoms with Gasteiger partial charge in [0.05, 0.1) is 0 Å². The SMILES string of the molecule is Cc1ccc(C[SH+]Cc2ccccc2)cc1.F[P-](F)(F)(F)(F)F. The summed E-state index contributed by atoms with van der Waals surface area (Å²) in [6.45, 7) is 2.13. The maximum absolute atomic E-state index is 10.7. The van der Waals surface area contributed by atoms with Crippen LogP contribution in [0.5, 0.6) is 0 Å². The third-order valence-electron chi connectivity index (χ3n) is 2.55. The molecule has 0 N–H and O–H groups in total. The van der Waals surface area contributed by atoms with E-state index in [2.05, 4.69) is 61.5 Å². The van der Waals surface area contributed by atoms with Crippen molar-refractivity contribution in [1.29, 1.82) is 0 Å². The summed E-state index contributed by atoms with van der Waals surface area (Å²) in [6.07, 6.45) is 0. The standard InChI is InChI=1S/C15H16S.F6P/c1-13-7-9-15(10-8-13)12-16-11-14-5-3-2-4-6-14;1-7(2,3,4,5)6/h2-10H,11-12H2,1H3;/q;-1/p+1. The molecule has 2 aromatic rings. The molecule has 0 aromatic heterocycles. The Morgan fingerprint density at radius 3 is 1.52 bits per heavy atom. The van der Waals surface area contributed by atoms with Gasteiger partial charge in [0.25, 0.3) is 0 Å². The van der Waals surface area contributed by atoms with Gasteiger partial charge in [-0.1, -0.05) is 60.2 Å². The second-order valence-electron chi connectivity index (χ2n) is 4.97. The molecule has 2 rings (SSSR count). The fourth-order valence-corrected chi connectivity index (χ4v) is 2.64. The van der Waals surface area contributed by atoms with Crippen LogP contribution in [-0.4, -0.2) is 0 Å². The summed E-state index contributed by atoms with van der Waals surface area (Å²) in [5, 5.41) is 0. The van der Waals surface area contributed by atoms with Crippen molar-refractivity contribution in [2.45, 2.75) is 18.4 Å². The van der Waals surface area contributed by atoms with Gasteiger partial charge in [-0.05, 0) is 18.7 Å². The van der Waals surface area contributed by atoms with Crippen molar-refractivity contribution < 1.29 is 25.2 Å². The van der Waals surface area contributed by atoms with Gasteiger partial charge in [0.2, 0.25) is 0 Å². The number of aryl methyl sites for hydroxylation is 1. The zero-order valence-corrected chi connectivity index (χ0v) is 14.1. The second kappa shape index (κ2) is 6.73. The van der Waals surface area contributed by atoms with E-state index in [9.17, 15) is 25.2 Å². The molecular formula is C15H17F6PS. The van der Waals surface area contributed by atoms with E-state index in [1.54, 1.807) is 0 Å². The van der Waals surface area contributed by atoms with Crippen LogP contribution in [0.2, 0.25) is 0 Å². The molecule has 0 aliphatic rings. The molecule has 0 heterocycles. The van der Waals surface area contributed by atoms with E-state index in [-0.39, 0.29) is 0 Å². The maximum atomic E-state index is 9.87. The summed E-state index contributed by atoms with van der Waals surface area (Å²) in [7, 11) is -10.7. The molecule has 0 atom stereocenters. The number of hydrogen-bond donors (Lipinski definition) is 0. The van der Waals surface area contributed by atoms with Crippen LogP contribution in [0.3, 0.4) is 0 Å². The minimum absolute atomic E-state index is 1.15. The third-order valence-corrected chi connectivity index (χ3v) is 3.73.